The van der Waals surface area contributed by atoms with E-state index in [1.54, 1.807) is 6.92 Å². The largest absolute Gasteiger partial charge is 0.207 e. The van der Waals surface area contributed by atoms with Crippen LogP contribution in [0.2, 0.25) is 0 Å². The van der Waals surface area contributed by atoms with Gasteiger partial charge < -0.3 is 0 Å². The van der Waals surface area contributed by atoms with Gasteiger partial charge in [0.15, 0.2) is 0 Å². The van der Waals surface area contributed by atoms with Gasteiger partial charge in [-0.1, -0.05) is 28.9 Å². The van der Waals surface area contributed by atoms with Crippen molar-refractivity contribution < 1.29 is 4.39 Å². The number of benzene rings is 1. The SMILES string of the molecule is CCc1ccc(F)c(C)c1Br. The van der Waals surface area contributed by atoms with Crippen LogP contribution < -0.4 is 0 Å². The molecule has 0 N–H and O–H groups in total. The van der Waals surface area contributed by atoms with Gasteiger partial charge in [-0.25, -0.2) is 4.39 Å². The molecule has 0 nitrogen and oxygen atoms in total. The molecule has 0 bridgehead atoms. The second kappa shape index (κ2) is 3.35. The minimum absolute atomic E-state index is 0.144. The van der Waals surface area contributed by atoms with E-state index < -0.39 is 0 Å². The molecule has 0 heterocycles. The fraction of sp³-hybridized carbons (Fsp3) is 0.333. The van der Waals surface area contributed by atoms with E-state index in [9.17, 15) is 4.39 Å². The van der Waals surface area contributed by atoms with Crippen molar-refractivity contribution in [1.29, 1.82) is 0 Å². The number of hydrogen-bond donors (Lipinski definition) is 0. The van der Waals surface area contributed by atoms with Crippen LogP contribution in [0.15, 0.2) is 16.6 Å². The third-order valence-electron chi connectivity index (χ3n) is 1.78. The second-order valence-corrected chi connectivity index (χ2v) is 3.29. The van der Waals surface area contributed by atoms with Crippen LogP contribution in [0.4, 0.5) is 4.39 Å². The van der Waals surface area contributed by atoms with Crippen molar-refractivity contribution >= 4 is 15.9 Å². The molecule has 1 rings (SSSR count). The molecule has 0 unspecified atom stereocenters. The number of halogens is 2. The molecule has 0 saturated carbocycles. The van der Waals surface area contributed by atoms with Gasteiger partial charge in [-0.15, -0.1) is 0 Å². The molecule has 0 amide bonds. The number of rotatable bonds is 1. The van der Waals surface area contributed by atoms with Crippen molar-refractivity contribution in [3.8, 4) is 0 Å². The molecule has 0 saturated heterocycles. The Hall–Kier alpha value is -0.370. The highest BCUT2D eigenvalue weighted by Gasteiger charge is 2.04. The number of hydrogen-bond acceptors (Lipinski definition) is 0. The van der Waals surface area contributed by atoms with Crippen LogP contribution >= 0.6 is 15.9 Å². The van der Waals surface area contributed by atoms with Crippen LogP contribution in [0.25, 0.3) is 0 Å². The van der Waals surface area contributed by atoms with Crippen molar-refractivity contribution in [2.75, 3.05) is 0 Å². The summed E-state index contributed by atoms with van der Waals surface area (Å²) in [5, 5.41) is 0. The lowest BCUT2D eigenvalue weighted by Crippen LogP contribution is -1.89. The molecular weight excluding hydrogens is 207 g/mol. The van der Waals surface area contributed by atoms with Crippen molar-refractivity contribution in [1.82, 2.24) is 0 Å². The zero-order chi connectivity index (χ0) is 8.43. The van der Waals surface area contributed by atoms with E-state index in [4.69, 9.17) is 0 Å². The van der Waals surface area contributed by atoms with Crippen LogP contribution in [0.5, 0.6) is 0 Å². The van der Waals surface area contributed by atoms with Crippen LogP contribution in [0, 0.1) is 12.7 Å². The molecular formula is C9H10BrF. The lowest BCUT2D eigenvalue weighted by molar-refractivity contribution is 0.616. The fourth-order valence-corrected chi connectivity index (χ4v) is 1.59. The monoisotopic (exact) mass is 216 g/mol. The Balaban J connectivity index is 3.25. The van der Waals surface area contributed by atoms with E-state index in [0.29, 0.717) is 5.56 Å². The minimum Gasteiger partial charge on any atom is -0.207 e. The summed E-state index contributed by atoms with van der Waals surface area (Å²) in [7, 11) is 0. The molecule has 0 spiro atoms. The first-order valence-corrected chi connectivity index (χ1v) is 4.39. The van der Waals surface area contributed by atoms with Gasteiger partial charge in [0.1, 0.15) is 5.82 Å². The zero-order valence-electron chi connectivity index (χ0n) is 6.62. The molecule has 1 aromatic carbocycles. The fourth-order valence-electron chi connectivity index (χ4n) is 0.991. The summed E-state index contributed by atoms with van der Waals surface area (Å²) in [4.78, 5) is 0. The Labute approximate surface area is 74.6 Å². The lowest BCUT2D eigenvalue weighted by atomic mass is 10.1. The van der Waals surface area contributed by atoms with Crippen molar-refractivity contribution in [3.63, 3.8) is 0 Å². The molecule has 11 heavy (non-hydrogen) atoms. The molecule has 0 atom stereocenters. The highest BCUT2D eigenvalue weighted by Crippen LogP contribution is 2.23. The third-order valence-corrected chi connectivity index (χ3v) is 2.89. The van der Waals surface area contributed by atoms with Gasteiger partial charge in [0, 0.05) is 4.47 Å². The van der Waals surface area contributed by atoms with E-state index in [1.807, 2.05) is 6.07 Å². The highest BCUT2D eigenvalue weighted by molar-refractivity contribution is 9.10. The van der Waals surface area contributed by atoms with E-state index >= 15 is 0 Å². The summed E-state index contributed by atoms with van der Waals surface area (Å²) >= 11 is 3.35. The summed E-state index contributed by atoms with van der Waals surface area (Å²) in [5.41, 5.74) is 1.85. The standard InChI is InChI=1S/C9H10BrF/c1-3-7-4-5-8(11)6(2)9(7)10/h4-5H,3H2,1-2H3. The van der Waals surface area contributed by atoms with Crippen LogP contribution in [0.3, 0.4) is 0 Å². The quantitative estimate of drug-likeness (QED) is 0.675. The first kappa shape index (κ1) is 8.72. The van der Waals surface area contributed by atoms with Gasteiger partial charge in [-0.3, -0.25) is 0 Å². The zero-order valence-corrected chi connectivity index (χ0v) is 8.20. The summed E-state index contributed by atoms with van der Waals surface area (Å²) in [6, 6.07) is 3.32. The normalized spacial score (nSPS) is 10.2. The number of aryl methyl sites for hydroxylation is 1. The lowest BCUT2D eigenvalue weighted by Gasteiger charge is -2.04. The Bertz CT molecular complexity index is 269. The van der Waals surface area contributed by atoms with E-state index in [2.05, 4.69) is 22.9 Å². The molecule has 1 aromatic rings. The van der Waals surface area contributed by atoms with Crippen LogP contribution in [-0.2, 0) is 6.42 Å². The molecule has 0 aromatic heterocycles. The van der Waals surface area contributed by atoms with Crippen molar-refractivity contribution in [2.24, 2.45) is 0 Å². The van der Waals surface area contributed by atoms with Crippen molar-refractivity contribution in [3.05, 3.63) is 33.5 Å². The molecule has 2 heteroatoms. The maximum Gasteiger partial charge on any atom is 0.127 e. The molecule has 0 aliphatic heterocycles. The average molecular weight is 217 g/mol. The molecule has 60 valence electrons. The molecule has 0 aliphatic carbocycles. The Kier molecular flexibility index (Phi) is 2.66. The Morgan fingerprint density at radius 1 is 1.45 bits per heavy atom. The second-order valence-electron chi connectivity index (χ2n) is 2.50. The van der Waals surface area contributed by atoms with Gasteiger partial charge >= 0.3 is 0 Å². The predicted molar refractivity (Wildman–Crippen MR) is 48.2 cm³/mol. The summed E-state index contributed by atoms with van der Waals surface area (Å²) in [6.45, 7) is 3.83. The highest BCUT2D eigenvalue weighted by atomic mass is 79.9. The summed E-state index contributed by atoms with van der Waals surface area (Å²) < 4.78 is 13.8. The topological polar surface area (TPSA) is 0 Å². The summed E-state index contributed by atoms with van der Waals surface area (Å²) in [6.07, 6.45) is 0.932. The van der Waals surface area contributed by atoms with E-state index in [1.165, 1.54) is 6.07 Å². The molecule has 0 fully saturated rings. The van der Waals surface area contributed by atoms with E-state index in [-0.39, 0.29) is 5.82 Å². The average Bonchev–Trinajstić information content (AvgIpc) is 2.01. The summed E-state index contributed by atoms with van der Waals surface area (Å²) in [5.74, 6) is -0.144. The predicted octanol–water partition coefficient (Wildman–Crippen LogP) is 3.46. The van der Waals surface area contributed by atoms with Gasteiger partial charge in [-0.2, -0.15) is 0 Å². The maximum atomic E-state index is 12.9. The van der Waals surface area contributed by atoms with Gasteiger partial charge in [0.2, 0.25) is 0 Å². The van der Waals surface area contributed by atoms with E-state index in [0.717, 1.165) is 16.5 Å². The smallest absolute Gasteiger partial charge is 0.127 e. The molecule has 0 radical (unpaired) electrons. The molecule has 0 aliphatic rings. The van der Waals surface area contributed by atoms with Crippen LogP contribution in [-0.4, -0.2) is 0 Å². The maximum absolute atomic E-state index is 12.9. The van der Waals surface area contributed by atoms with Crippen LogP contribution in [0.1, 0.15) is 18.1 Å². The Morgan fingerprint density at radius 3 is 2.64 bits per heavy atom. The minimum atomic E-state index is -0.144. The Morgan fingerprint density at radius 2 is 2.09 bits per heavy atom. The first-order chi connectivity index (χ1) is 5.16. The first-order valence-electron chi connectivity index (χ1n) is 3.60. The third kappa shape index (κ3) is 1.62. The van der Waals surface area contributed by atoms with Gasteiger partial charge in [0.05, 0.1) is 0 Å². The van der Waals surface area contributed by atoms with Gasteiger partial charge in [-0.05, 0) is 30.5 Å². The van der Waals surface area contributed by atoms with Crippen molar-refractivity contribution in [2.45, 2.75) is 20.3 Å². The van der Waals surface area contributed by atoms with Gasteiger partial charge in [0.25, 0.3) is 0 Å².